The lowest BCUT2D eigenvalue weighted by molar-refractivity contribution is -0.134. The van der Waals surface area contributed by atoms with Crippen molar-refractivity contribution in [3.05, 3.63) is 66.7 Å². The summed E-state index contributed by atoms with van der Waals surface area (Å²) in [7, 11) is 1.69. The zero-order valence-corrected chi connectivity index (χ0v) is 20.7. The van der Waals surface area contributed by atoms with Crippen LogP contribution in [-0.2, 0) is 16.1 Å². The van der Waals surface area contributed by atoms with E-state index < -0.39 is 0 Å². The van der Waals surface area contributed by atoms with Crippen LogP contribution < -0.4 is 19.9 Å². The summed E-state index contributed by atoms with van der Waals surface area (Å²) in [6.45, 7) is 6.59. The Morgan fingerprint density at radius 3 is 2.66 bits per heavy atom. The van der Waals surface area contributed by atoms with Crippen molar-refractivity contribution in [2.75, 3.05) is 44.8 Å². The third-order valence-corrected chi connectivity index (χ3v) is 6.76. The lowest BCUT2D eigenvalue weighted by Gasteiger charge is -2.42. The first-order valence-corrected chi connectivity index (χ1v) is 12.6. The highest BCUT2D eigenvalue weighted by Crippen LogP contribution is 2.35. The molecule has 0 radical (unpaired) electrons. The molecular formula is C28H37N3O4. The van der Waals surface area contributed by atoms with Crippen molar-refractivity contribution in [1.82, 2.24) is 10.4 Å². The third-order valence-electron chi connectivity index (χ3n) is 6.76. The van der Waals surface area contributed by atoms with Crippen LogP contribution in [0.3, 0.4) is 0 Å². The van der Waals surface area contributed by atoms with Crippen molar-refractivity contribution in [3.8, 4) is 11.5 Å². The van der Waals surface area contributed by atoms with Gasteiger partial charge in [0.05, 0.1) is 26.4 Å². The van der Waals surface area contributed by atoms with Gasteiger partial charge in [-0.15, -0.1) is 6.58 Å². The molecule has 2 aromatic rings. The van der Waals surface area contributed by atoms with Gasteiger partial charge in [-0.25, -0.2) is 5.48 Å². The van der Waals surface area contributed by atoms with E-state index in [0.29, 0.717) is 6.54 Å². The minimum Gasteiger partial charge on any atom is -0.493 e. The molecule has 1 atom stereocenters. The molecule has 1 unspecified atom stereocenters. The first-order chi connectivity index (χ1) is 17.2. The van der Waals surface area contributed by atoms with Crippen LogP contribution in [-0.4, -0.2) is 62.8 Å². The molecule has 2 fully saturated rings. The standard InChI is InChI=1S/C28H37N3O4/c1-3-17-34-29-28(32)21-31-16-15-30(20-24(31)18-22-9-5-4-6-10-22)23-13-14-26(33-2)27(19-23)35-25-11-7-8-12-25/h3-6,9-10,13-14,19,24-25H,1,7-8,11-12,15-18,20-21H2,2H3,(H,29,32). The Bertz CT molecular complexity index is 962. The molecule has 7 heteroatoms. The number of carbonyl (C=O) groups excluding carboxylic acids is 1. The number of hydrogen-bond acceptors (Lipinski definition) is 6. The number of amides is 1. The van der Waals surface area contributed by atoms with Gasteiger partial charge in [0.25, 0.3) is 5.91 Å². The molecule has 1 aliphatic carbocycles. The molecule has 1 saturated carbocycles. The number of hydrogen-bond donors (Lipinski definition) is 1. The monoisotopic (exact) mass is 479 g/mol. The van der Waals surface area contributed by atoms with E-state index >= 15 is 0 Å². The number of hydroxylamine groups is 1. The number of nitrogens with zero attached hydrogens (tertiary/aromatic N) is 2. The predicted molar refractivity (Wildman–Crippen MR) is 138 cm³/mol. The molecular weight excluding hydrogens is 442 g/mol. The fourth-order valence-corrected chi connectivity index (χ4v) is 4.95. The second-order valence-corrected chi connectivity index (χ2v) is 9.24. The molecule has 1 heterocycles. The van der Waals surface area contributed by atoms with Gasteiger partial charge in [0.2, 0.25) is 0 Å². The molecule has 188 valence electrons. The van der Waals surface area contributed by atoms with Gasteiger partial charge in [-0.3, -0.25) is 14.5 Å². The fourth-order valence-electron chi connectivity index (χ4n) is 4.95. The van der Waals surface area contributed by atoms with Crippen LogP contribution in [0.4, 0.5) is 5.69 Å². The number of nitrogens with one attached hydrogen (secondary N) is 1. The Hall–Kier alpha value is -3.03. The van der Waals surface area contributed by atoms with Gasteiger partial charge in [-0.1, -0.05) is 36.4 Å². The van der Waals surface area contributed by atoms with E-state index in [1.54, 1.807) is 13.2 Å². The van der Waals surface area contributed by atoms with Crippen LogP contribution in [0.15, 0.2) is 61.2 Å². The summed E-state index contributed by atoms with van der Waals surface area (Å²) in [6.07, 6.45) is 7.39. The summed E-state index contributed by atoms with van der Waals surface area (Å²) in [5.74, 6) is 1.45. The van der Waals surface area contributed by atoms with Crippen LogP contribution in [0.1, 0.15) is 31.2 Å². The minimum atomic E-state index is -0.143. The van der Waals surface area contributed by atoms with Gasteiger partial charge in [-0.2, -0.15) is 0 Å². The van der Waals surface area contributed by atoms with Crippen molar-refractivity contribution in [2.45, 2.75) is 44.2 Å². The Kier molecular flexibility index (Phi) is 9.03. The molecule has 1 N–H and O–H groups in total. The predicted octanol–water partition coefficient (Wildman–Crippen LogP) is 3.98. The van der Waals surface area contributed by atoms with E-state index in [0.717, 1.165) is 56.1 Å². The van der Waals surface area contributed by atoms with Gasteiger partial charge in [0.15, 0.2) is 11.5 Å². The van der Waals surface area contributed by atoms with Gasteiger partial charge in [0.1, 0.15) is 0 Å². The maximum Gasteiger partial charge on any atom is 0.257 e. The molecule has 0 aromatic heterocycles. The van der Waals surface area contributed by atoms with Gasteiger partial charge in [-0.05, 0) is 49.8 Å². The first-order valence-electron chi connectivity index (χ1n) is 12.6. The lowest BCUT2D eigenvalue weighted by Crippen LogP contribution is -2.56. The number of carbonyl (C=O) groups is 1. The second-order valence-electron chi connectivity index (χ2n) is 9.24. The highest BCUT2D eigenvalue weighted by Gasteiger charge is 2.29. The molecule has 7 nitrogen and oxygen atoms in total. The van der Waals surface area contributed by atoms with E-state index in [1.807, 2.05) is 12.1 Å². The van der Waals surface area contributed by atoms with Crippen molar-refractivity contribution >= 4 is 11.6 Å². The fraction of sp³-hybridized carbons (Fsp3) is 0.464. The molecule has 4 rings (SSSR count). The number of ether oxygens (including phenoxy) is 2. The summed E-state index contributed by atoms with van der Waals surface area (Å²) in [5.41, 5.74) is 4.89. The average Bonchev–Trinajstić information content (AvgIpc) is 3.39. The number of rotatable bonds is 11. The zero-order valence-electron chi connectivity index (χ0n) is 20.7. The van der Waals surface area contributed by atoms with E-state index in [9.17, 15) is 4.79 Å². The van der Waals surface area contributed by atoms with Crippen LogP contribution >= 0.6 is 0 Å². The van der Waals surface area contributed by atoms with Crippen LogP contribution in [0.25, 0.3) is 0 Å². The Balaban J connectivity index is 1.48. The molecule has 1 amide bonds. The topological polar surface area (TPSA) is 63.3 Å². The minimum absolute atomic E-state index is 0.143. The van der Waals surface area contributed by atoms with E-state index in [2.05, 4.69) is 58.3 Å². The molecule has 1 saturated heterocycles. The van der Waals surface area contributed by atoms with Gasteiger partial charge < -0.3 is 14.4 Å². The normalized spacial score (nSPS) is 18.9. The summed E-state index contributed by atoms with van der Waals surface area (Å²) in [5, 5.41) is 0. The molecule has 0 bridgehead atoms. The SMILES string of the molecule is C=CCONC(=O)CN1CCN(c2ccc(OC)c(OC3CCCC3)c2)CC1Cc1ccccc1. The highest BCUT2D eigenvalue weighted by molar-refractivity contribution is 5.77. The molecule has 2 aliphatic rings. The summed E-state index contributed by atoms with van der Waals surface area (Å²) >= 11 is 0. The van der Waals surface area contributed by atoms with Gasteiger partial charge >= 0.3 is 0 Å². The van der Waals surface area contributed by atoms with Crippen molar-refractivity contribution in [3.63, 3.8) is 0 Å². The number of piperazine rings is 1. The molecule has 2 aromatic carbocycles. The van der Waals surface area contributed by atoms with Crippen LogP contribution in [0.2, 0.25) is 0 Å². The molecule has 0 spiro atoms. The number of benzene rings is 2. The number of methoxy groups -OCH3 is 1. The van der Waals surface area contributed by atoms with E-state index in [-0.39, 0.29) is 24.7 Å². The first kappa shape index (κ1) is 25.1. The summed E-state index contributed by atoms with van der Waals surface area (Å²) in [4.78, 5) is 22.2. The summed E-state index contributed by atoms with van der Waals surface area (Å²) in [6, 6.07) is 16.8. The maximum absolute atomic E-state index is 12.5. The zero-order chi connectivity index (χ0) is 24.5. The summed E-state index contributed by atoms with van der Waals surface area (Å²) < 4.78 is 11.9. The Labute approximate surface area is 208 Å². The molecule has 1 aliphatic heterocycles. The van der Waals surface area contributed by atoms with E-state index in [4.69, 9.17) is 14.3 Å². The van der Waals surface area contributed by atoms with Crippen molar-refractivity contribution in [1.29, 1.82) is 0 Å². The highest BCUT2D eigenvalue weighted by atomic mass is 16.6. The third kappa shape index (κ3) is 6.99. The Morgan fingerprint density at radius 1 is 1.11 bits per heavy atom. The van der Waals surface area contributed by atoms with Crippen molar-refractivity contribution in [2.24, 2.45) is 0 Å². The largest absolute Gasteiger partial charge is 0.493 e. The maximum atomic E-state index is 12.5. The van der Waals surface area contributed by atoms with Crippen LogP contribution in [0, 0.1) is 0 Å². The van der Waals surface area contributed by atoms with Gasteiger partial charge in [0, 0.05) is 37.4 Å². The number of anilines is 1. The van der Waals surface area contributed by atoms with E-state index in [1.165, 1.54) is 18.4 Å². The molecule has 35 heavy (non-hydrogen) atoms. The smallest absolute Gasteiger partial charge is 0.257 e. The lowest BCUT2D eigenvalue weighted by atomic mass is 10.0. The van der Waals surface area contributed by atoms with Crippen molar-refractivity contribution < 1.29 is 19.1 Å². The Morgan fingerprint density at radius 2 is 1.91 bits per heavy atom. The average molecular weight is 480 g/mol. The quantitative estimate of drug-likeness (QED) is 0.299. The second kappa shape index (κ2) is 12.6. The van der Waals surface area contributed by atoms with Crippen LogP contribution in [0.5, 0.6) is 11.5 Å².